The van der Waals surface area contributed by atoms with Crippen LogP contribution >= 0.6 is 0 Å². The summed E-state index contributed by atoms with van der Waals surface area (Å²) in [5.41, 5.74) is 5.86. The van der Waals surface area contributed by atoms with Gasteiger partial charge in [-0.1, -0.05) is 0 Å². The van der Waals surface area contributed by atoms with Crippen molar-refractivity contribution in [1.29, 1.82) is 0 Å². The lowest BCUT2D eigenvalue weighted by Gasteiger charge is -2.14. The van der Waals surface area contributed by atoms with Crippen molar-refractivity contribution in [3.8, 4) is 0 Å². The van der Waals surface area contributed by atoms with E-state index in [9.17, 15) is 18.4 Å². The lowest BCUT2D eigenvalue weighted by molar-refractivity contribution is -0.0356. The van der Waals surface area contributed by atoms with Gasteiger partial charge in [-0.25, -0.2) is 28.5 Å². The Morgan fingerprint density at radius 2 is 1.66 bits per heavy atom. The smallest absolute Gasteiger partial charge is 0.330 e. The summed E-state index contributed by atoms with van der Waals surface area (Å²) in [6, 6.07) is 0. The molecule has 13 nitrogen and oxygen atoms in total. The van der Waals surface area contributed by atoms with Crippen LogP contribution < -0.4 is 17.0 Å². The number of anilines is 1. The highest BCUT2D eigenvalue weighted by Gasteiger charge is 2.37. The molecule has 35 heavy (non-hydrogen) atoms. The number of rotatable bonds is 4. The highest BCUT2D eigenvalue weighted by atomic mass is 19.1. The SMILES string of the molecule is Cc1cn([C@H]2C[C@H](F)[C@@H](CO)O2)c(=O)[nH]c1=O.Nc1ncnc2c1ncn2[C@H]1C[C@H](F)[C@@H](CO)O1. The second-order valence-electron chi connectivity index (χ2n) is 8.19. The van der Waals surface area contributed by atoms with Crippen LogP contribution in [0.4, 0.5) is 14.6 Å². The largest absolute Gasteiger partial charge is 0.394 e. The number of nitrogen functional groups attached to an aromatic ring is 1. The lowest BCUT2D eigenvalue weighted by Crippen LogP contribution is -2.33. The third-order valence-electron chi connectivity index (χ3n) is 5.84. The Morgan fingerprint density at radius 1 is 1.06 bits per heavy atom. The number of hydrogen-bond acceptors (Lipinski definition) is 10. The van der Waals surface area contributed by atoms with E-state index in [2.05, 4.69) is 19.9 Å². The van der Waals surface area contributed by atoms with E-state index in [0.717, 1.165) is 4.57 Å². The Hall–Kier alpha value is -3.27. The van der Waals surface area contributed by atoms with E-state index in [0.29, 0.717) is 16.7 Å². The molecule has 3 aromatic heterocycles. The first kappa shape index (κ1) is 24.8. The summed E-state index contributed by atoms with van der Waals surface area (Å²) in [4.78, 5) is 36.8. The second-order valence-corrected chi connectivity index (χ2v) is 8.19. The van der Waals surface area contributed by atoms with Crippen molar-refractivity contribution in [2.24, 2.45) is 0 Å². The van der Waals surface area contributed by atoms with E-state index in [1.165, 1.54) is 18.9 Å². The predicted octanol–water partition coefficient (Wildman–Crippen LogP) is -0.511. The highest BCUT2D eigenvalue weighted by molar-refractivity contribution is 5.81. The Morgan fingerprint density at radius 3 is 2.23 bits per heavy atom. The maximum Gasteiger partial charge on any atom is 0.330 e. The zero-order valence-electron chi connectivity index (χ0n) is 18.6. The van der Waals surface area contributed by atoms with E-state index in [-0.39, 0.29) is 25.3 Å². The van der Waals surface area contributed by atoms with Gasteiger partial charge in [0.25, 0.3) is 5.56 Å². The number of nitrogens with zero attached hydrogens (tertiary/aromatic N) is 5. The van der Waals surface area contributed by atoms with Crippen molar-refractivity contribution < 1.29 is 28.5 Å². The van der Waals surface area contributed by atoms with Crippen LogP contribution in [0.5, 0.6) is 0 Å². The number of aromatic amines is 1. The minimum absolute atomic E-state index is 0.0172. The summed E-state index contributed by atoms with van der Waals surface area (Å²) in [7, 11) is 0. The number of aryl methyl sites for hydroxylation is 1. The maximum atomic E-state index is 13.5. The number of nitrogens with two attached hydrogens (primary N) is 1. The van der Waals surface area contributed by atoms with Crippen LogP contribution in [0.2, 0.25) is 0 Å². The molecule has 0 amide bonds. The minimum atomic E-state index is -1.32. The molecule has 0 aromatic carbocycles. The van der Waals surface area contributed by atoms with Crippen LogP contribution in [0.1, 0.15) is 30.9 Å². The van der Waals surface area contributed by atoms with Gasteiger partial charge in [0.1, 0.15) is 48.9 Å². The number of fused-ring (bicyclic) bond motifs is 1. The van der Waals surface area contributed by atoms with Gasteiger partial charge in [-0.05, 0) is 6.92 Å². The van der Waals surface area contributed by atoms with Gasteiger partial charge in [-0.3, -0.25) is 18.9 Å². The summed E-state index contributed by atoms with van der Waals surface area (Å²) in [5, 5.41) is 17.8. The van der Waals surface area contributed by atoms with E-state index in [1.54, 1.807) is 11.5 Å². The van der Waals surface area contributed by atoms with E-state index < -0.39 is 54.9 Å². The van der Waals surface area contributed by atoms with E-state index in [1.807, 2.05) is 0 Å². The zero-order chi connectivity index (χ0) is 25.3. The lowest BCUT2D eigenvalue weighted by atomic mass is 10.2. The number of H-pyrrole nitrogens is 1. The molecule has 5 heterocycles. The number of hydrogen-bond donors (Lipinski definition) is 4. The van der Waals surface area contributed by atoms with Crippen molar-refractivity contribution in [3.63, 3.8) is 0 Å². The quantitative estimate of drug-likeness (QED) is 0.366. The van der Waals surface area contributed by atoms with Gasteiger partial charge < -0.3 is 25.4 Å². The molecule has 0 aliphatic carbocycles. The molecule has 0 spiro atoms. The second kappa shape index (κ2) is 10.2. The first-order valence-corrected chi connectivity index (χ1v) is 10.8. The van der Waals surface area contributed by atoms with Crippen molar-refractivity contribution in [2.45, 2.75) is 56.8 Å². The first-order chi connectivity index (χ1) is 16.7. The highest BCUT2D eigenvalue weighted by Crippen LogP contribution is 2.33. The summed E-state index contributed by atoms with van der Waals surface area (Å²) < 4.78 is 40.3. The van der Waals surface area contributed by atoms with E-state index >= 15 is 0 Å². The molecule has 2 aliphatic rings. The number of halogens is 2. The maximum absolute atomic E-state index is 13.5. The molecule has 0 saturated carbocycles. The molecule has 5 N–H and O–H groups in total. The van der Waals surface area contributed by atoms with Gasteiger partial charge in [0.15, 0.2) is 11.5 Å². The molecule has 0 unspecified atom stereocenters. The number of alkyl halides is 2. The molecule has 15 heteroatoms. The molecule has 0 radical (unpaired) electrons. The van der Waals surface area contributed by atoms with Crippen molar-refractivity contribution in [1.82, 2.24) is 29.1 Å². The van der Waals surface area contributed by atoms with Crippen LogP contribution in [0, 0.1) is 6.92 Å². The Labute approximate surface area is 196 Å². The van der Waals surface area contributed by atoms with Crippen LogP contribution in [-0.2, 0) is 9.47 Å². The molecule has 0 bridgehead atoms. The summed E-state index contributed by atoms with van der Waals surface area (Å²) in [6.45, 7) is 0.760. The fourth-order valence-electron chi connectivity index (χ4n) is 3.93. The van der Waals surface area contributed by atoms with Gasteiger partial charge >= 0.3 is 5.69 Å². The van der Waals surface area contributed by atoms with E-state index in [4.69, 9.17) is 25.4 Å². The van der Waals surface area contributed by atoms with Crippen LogP contribution in [-0.4, -0.2) is 77.0 Å². The summed E-state index contributed by atoms with van der Waals surface area (Å²) in [5.74, 6) is 0.271. The fraction of sp³-hybridized carbons (Fsp3) is 0.550. The number of aliphatic hydroxyl groups is 2. The standard InChI is InChI=1S/C10H12FN5O2.C10H13FN2O4/c11-5-1-7(18-6(5)2-17)16-4-15-8-9(12)13-3-14-10(8)16;1-5-3-13(10(16)12-9(5)15)8-2-6(11)7(4-14)17-8/h3-7,17H,1-2H2,(H2,12,13,14);3,6-8,14H,2,4H2,1H3,(H,12,15,16)/t5-,6+,7+;6-,7+,8+/m00/s1. The van der Waals surface area contributed by atoms with Crippen LogP contribution in [0.15, 0.2) is 28.4 Å². The predicted molar refractivity (Wildman–Crippen MR) is 117 cm³/mol. The van der Waals surface area contributed by atoms with Gasteiger partial charge in [0.2, 0.25) is 0 Å². The summed E-state index contributed by atoms with van der Waals surface area (Å²) in [6.07, 6.45) is -1.27. The minimum Gasteiger partial charge on any atom is -0.394 e. The first-order valence-electron chi connectivity index (χ1n) is 10.8. The zero-order valence-corrected chi connectivity index (χ0v) is 18.6. The molecule has 6 atom stereocenters. The average molecular weight is 497 g/mol. The molecule has 3 aromatic rings. The van der Waals surface area contributed by atoms with Gasteiger partial charge in [-0.2, -0.15) is 0 Å². The van der Waals surface area contributed by atoms with Gasteiger partial charge in [0, 0.05) is 24.6 Å². The monoisotopic (exact) mass is 497 g/mol. The molecular weight excluding hydrogens is 472 g/mol. The molecule has 2 aliphatic heterocycles. The molecule has 2 fully saturated rings. The van der Waals surface area contributed by atoms with Crippen LogP contribution in [0.25, 0.3) is 11.2 Å². The topological polar surface area (TPSA) is 183 Å². The normalized spacial score (nSPS) is 28.3. The third-order valence-corrected chi connectivity index (χ3v) is 5.84. The van der Waals surface area contributed by atoms with Crippen molar-refractivity contribution in [3.05, 3.63) is 45.3 Å². The number of aromatic nitrogens is 6. The third kappa shape index (κ3) is 4.93. The Bertz CT molecular complexity index is 1300. The summed E-state index contributed by atoms with van der Waals surface area (Å²) >= 11 is 0. The number of nitrogens with one attached hydrogen (secondary N) is 1. The van der Waals surface area contributed by atoms with Crippen molar-refractivity contribution >= 4 is 17.0 Å². The Kier molecular flexibility index (Phi) is 7.20. The molecule has 5 rings (SSSR count). The van der Waals surface area contributed by atoms with Gasteiger partial charge in [0.05, 0.1) is 19.5 Å². The molecular formula is C20H25F2N7O6. The van der Waals surface area contributed by atoms with Crippen LogP contribution in [0.3, 0.4) is 0 Å². The molecule has 2 saturated heterocycles. The average Bonchev–Trinajstić information content (AvgIpc) is 3.53. The Balaban J connectivity index is 0.000000165. The van der Waals surface area contributed by atoms with Crippen molar-refractivity contribution in [2.75, 3.05) is 18.9 Å². The fourth-order valence-corrected chi connectivity index (χ4v) is 3.93. The molecule has 190 valence electrons. The number of imidazole rings is 1. The number of aliphatic hydroxyl groups excluding tert-OH is 2. The van der Waals surface area contributed by atoms with Gasteiger partial charge in [-0.15, -0.1) is 0 Å². The number of ether oxygens (including phenoxy) is 2.